The number of anilines is 3. The molecule has 0 radical (unpaired) electrons. The van der Waals surface area contributed by atoms with Gasteiger partial charge in [-0.2, -0.15) is 0 Å². The highest BCUT2D eigenvalue weighted by atomic mass is 16.6. The van der Waals surface area contributed by atoms with E-state index in [1.807, 2.05) is 23.1 Å². The van der Waals surface area contributed by atoms with Crippen molar-refractivity contribution in [3.8, 4) is 0 Å². The van der Waals surface area contributed by atoms with Crippen LogP contribution >= 0.6 is 0 Å². The van der Waals surface area contributed by atoms with Gasteiger partial charge in [0.1, 0.15) is 6.33 Å². The minimum atomic E-state index is -0.310. The first-order valence-electron chi connectivity index (χ1n) is 9.96. The van der Waals surface area contributed by atoms with Crippen molar-refractivity contribution in [2.45, 2.75) is 32.2 Å². The Morgan fingerprint density at radius 2 is 1.64 bits per heavy atom. The second-order valence-corrected chi connectivity index (χ2v) is 7.47. The molecule has 0 saturated carbocycles. The van der Waals surface area contributed by atoms with Crippen LogP contribution in [0.4, 0.5) is 23.0 Å². The van der Waals surface area contributed by atoms with Gasteiger partial charge in [-0.15, -0.1) is 0 Å². The molecule has 1 aromatic heterocycles. The predicted molar refractivity (Wildman–Crippen MR) is 110 cm³/mol. The maximum Gasteiger partial charge on any atom is 0.353 e. The Kier molecular flexibility index (Phi) is 5.27. The van der Waals surface area contributed by atoms with E-state index in [-0.39, 0.29) is 16.7 Å². The zero-order valence-electron chi connectivity index (χ0n) is 16.2. The summed E-state index contributed by atoms with van der Waals surface area (Å²) in [5, 5.41) is 12.0. The van der Waals surface area contributed by atoms with Crippen LogP contribution in [-0.4, -0.2) is 53.7 Å². The van der Waals surface area contributed by atoms with Gasteiger partial charge in [0.2, 0.25) is 11.6 Å². The molecule has 148 valence electrons. The summed E-state index contributed by atoms with van der Waals surface area (Å²) in [4.78, 5) is 26.7. The quantitative estimate of drug-likeness (QED) is 0.594. The molecule has 1 unspecified atom stereocenters. The molecule has 0 bridgehead atoms. The Balaban J connectivity index is 1.58. The molecule has 4 rings (SSSR count). The molecule has 0 spiro atoms. The highest BCUT2D eigenvalue weighted by Gasteiger charge is 2.33. The molecule has 2 aliphatic heterocycles. The summed E-state index contributed by atoms with van der Waals surface area (Å²) < 4.78 is 0. The summed E-state index contributed by atoms with van der Waals surface area (Å²) in [6.07, 6.45) is 4.70. The number of benzene rings is 1. The summed E-state index contributed by atoms with van der Waals surface area (Å²) in [5.74, 6) is 0.910. The highest BCUT2D eigenvalue weighted by molar-refractivity contribution is 5.72. The van der Waals surface area contributed by atoms with Crippen molar-refractivity contribution in [3.63, 3.8) is 0 Å². The molecule has 28 heavy (non-hydrogen) atoms. The first-order valence-corrected chi connectivity index (χ1v) is 9.96. The van der Waals surface area contributed by atoms with E-state index >= 15 is 0 Å². The van der Waals surface area contributed by atoms with Crippen LogP contribution in [-0.2, 0) is 0 Å². The normalized spacial score (nSPS) is 20.3. The number of hydrogen-bond donors (Lipinski definition) is 0. The molecule has 8 heteroatoms. The molecule has 3 heterocycles. The lowest BCUT2D eigenvalue weighted by Crippen LogP contribution is -2.47. The Labute approximate surface area is 164 Å². The van der Waals surface area contributed by atoms with E-state index in [0.717, 1.165) is 38.9 Å². The number of piperazine rings is 1. The monoisotopic (exact) mass is 382 g/mol. The predicted octanol–water partition coefficient (Wildman–Crippen LogP) is 3.09. The van der Waals surface area contributed by atoms with Crippen LogP contribution in [0.2, 0.25) is 0 Å². The molecule has 2 aliphatic rings. The average molecular weight is 382 g/mol. The van der Waals surface area contributed by atoms with Gasteiger partial charge in [0.25, 0.3) is 0 Å². The van der Waals surface area contributed by atoms with E-state index in [4.69, 9.17) is 0 Å². The van der Waals surface area contributed by atoms with Crippen LogP contribution in [0, 0.1) is 10.1 Å². The van der Waals surface area contributed by atoms with Crippen LogP contribution in [0.5, 0.6) is 0 Å². The lowest BCUT2D eigenvalue weighted by atomic mass is 10.0. The standard InChI is InChI=1S/C20H26N6O2/c1-16-7-5-6-10-25(16)20-18(26(27)28)19(21-15-22-20)24-13-11-23(12-14-24)17-8-3-2-4-9-17/h2-4,8-9,15-16H,5-7,10-14H2,1H3. The summed E-state index contributed by atoms with van der Waals surface area (Å²) >= 11 is 0. The summed E-state index contributed by atoms with van der Waals surface area (Å²) in [7, 11) is 0. The maximum absolute atomic E-state index is 12.0. The fourth-order valence-electron chi connectivity index (χ4n) is 4.19. The number of nitro groups is 1. The number of nitrogens with zero attached hydrogens (tertiary/aromatic N) is 6. The number of hydrogen-bond acceptors (Lipinski definition) is 7. The van der Waals surface area contributed by atoms with Crippen molar-refractivity contribution in [1.29, 1.82) is 0 Å². The minimum absolute atomic E-state index is 0.0458. The first-order chi connectivity index (χ1) is 13.6. The molecule has 1 aromatic carbocycles. The molecule has 0 N–H and O–H groups in total. The van der Waals surface area contributed by atoms with Crippen LogP contribution in [0.15, 0.2) is 36.7 Å². The maximum atomic E-state index is 12.0. The third kappa shape index (κ3) is 3.58. The smallest absolute Gasteiger partial charge is 0.353 e. The molecule has 0 aliphatic carbocycles. The Morgan fingerprint density at radius 3 is 2.32 bits per heavy atom. The van der Waals surface area contributed by atoms with Crippen LogP contribution < -0.4 is 14.7 Å². The molecule has 1 atom stereocenters. The Morgan fingerprint density at radius 1 is 0.964 bits per heavy atom. The largest absolute Gasteiger partial charge is 0.368 e. The topological polar surface area (TPSA) is 78.6 Å². The summed E-state index contributed by atoms with van der Waals surface area (Å²) in [6, 6.07) is 10.5. The van der Waals surface area contributed by atoms with Crippen molar-refractivity contribution in [1.82, 2.24) is 9.97 Å². The molecular weight excluding hydrogens is 356 g/mol. The third-order valence-corrected chi connectivity index (χ3v) is 5.74. The van der Waals surface area contributed by atoms with Gasteiger partial charge in [-0.1, -0.05) is 18.2 Å². The molecule has 8 nitrogen and oxygen atoms in total. The van der Waals surface area contributed by atoms with Gasteiger partial charge in [0, 0.05) is 44.5 Å². The van der Waals surface area contributed by atoms with Gasteiger partial charge in [0.15, 0.2) is 0 Å². The second-order valence-electron chi connectivity index (χ2n) is 7.47. The molecule has 0 amide bonds. The van der Waals surface area contributed by atoms with E-state index in [1.165, 1.54) is 12.0 Å². The van der Waals surface area contributed by atoms with E-state index < -0.39 is 0 Å². The van der Waals surface area contributed by atoms with E-state index in [0.29, 0.717) is 24.7 Å². The minimum Gasteiger partial charge on any atom is -0.368 e. The first kappa shape index (κ1) is 18.5. The molecule has 2 aromatic rings. The van der Waals surface area contributed by atoms with Crippen LogP contribution in [0.1, 0.15) is 26.2 Å². The zero-order chi connectivity index (χ0) is 19.5. The van der Waals surface area contributed by atoms with Crippen molar-refractivity contribution in [3.05, 3.63) is 46.8 Å². The summed E-state index contributed by atoms with van der Waals surface area (Å²) in [5.41, 5.74) is 1.23. The Hall–Kier alpha value is -2.90. The fraction of sp³-hybridized carbons (Fsp3) is 0.500. The van der Waals surface area contributed by atoms with Crippen LogP contribution in [0.25, 0.3) is 0 Å². The van der Waals surface area contributed by atoms with E-state index in [9.17, 15) is 10.1 Å². The van der Waals surface area contributed by atoms with Crippen molar-refractivity contribution in [2.75, 3.05) is 47.4 Å². The van der Waals surface area contributed by atoms with Gasteiger partial charge in [-0.25, -0.2) is 9.97 Å². The molecule has 2 saturated heterocycles. The SMILES string of the molecule is CC1CCCCN1c1ncnc(N2CCN(c3ccccc3)CC2)c1[N+](=O)[O-]. The highest BCUT2D eigenvalue weighted by Crippen LogP contribution is 2.37. The third-order valence-electron chi connectivity index (χ3n) is 5.74. The van der Waals surface area contributed by atoms with Crippen molar-refractivity contribution in [2.24, 2.45) is 0 Å². The number of rotatable bonds is 4. The van der Waals surface area contributed by atoms with Gasteiger partial charge >= 0.3 is 5.69 Å². The van der Waals surface area contributed by atoms with Gasteiger partial charge in [-0.05, 0) is 38.3 Å². The van der Waals surface area contributed by atoms with Gasteiger partial charge in [-0.3, -0.25) is 10.1 Å². The van der Waals surface area contributed by atoms with Crippen LogP contribution in [0.3, 0.4) is 0 Å². The van der Waals surface area contributed by atoms with E-state index in [2.05, 4.69) is 38.8 Å². The van der Waals surface area contributed by atoms with E-state index in [1.54, 1.807) is 0 Å². The molecular formula is C20H26N6O2. The summed E-state index contributed by atoms with van der Waals surface area (Å²) in [6.45, 7) is 5.92. The molecule has 2 fully saturated rings. The fourth-order valence-corrected chi connectivity index (χ4v) is 4.19. The van der Waals surface area contributed by atoms with Crippen molar-refractivity contribution >= 4 is 23.0 Å². The zero-order valence-corrected chi connectivity index (χ0v) is 16.2. The lowest BCUT2D eigenvalue weighted by Gasteiger charge is -2.37. The average Bonchev–Trinajstić information content (AvgIpc) is 2.74. The number of para-hydroxylation sites is 1. The van der Waals surface area contributed by atoms with Crippen molar-refractivity contribution < 1.29 is 4.92 Å². The second kappa shape index (κ2) is 8.00. The lowest BCUT2D eigenvalue weighted by molar-refractivity contribution is -0.383. The number of piperidine rings is 1. The number of aromatic nitrogens is 2. The van der Waals surface area contributed by atoms with Gasteiger partial charge < -0.3 is 14.7 Å². The van der Waals surface area contributed by atoms with Gasteiger partial charge in [0.05, 0.1) is 4.92 Å². The Bertz CT molecular complexity index is 823.